The highest BCUT2D eigenvalue weighted by molar-refractivity contribution is 9.10. The van der Waals surface area contributed by atoms with Crippen molar-refractivity contribution in [3.05, 3.63) is 38.5 Å². The first-order valence-electron chi connectivity index (χ1n) is 6.81. The van der Waals surface area contributed by atoms with E-state index < -0.39 is 0 Å². The van der Waals surface area contributed by atoms with Crippen LogP contribution in [0.25, 0.3) is 0 Å². The molecule has 4 nitrogen and oxygen atoms in total. The van der Waals surface area contributed by atoms with Crippen LogP contribution in [0.5, 0.6) is 11.5 Å². The third-order valence-corrected chi connectivity index (χ3v) is 4.73. The van der Waals surface area contributed by atoms with Gasteiger partial charge in [0.05, 0.1) is 27.4 Å². The van der Waals surface area contributed by atoms with Gasteiger partial charge in [0.2, 0.25) is 0 Å². The fourth-order valence-electron chi connectivity index (χ4n) is 2.03. The molecule has 114 valence electrons. The predicted molar refractivity (Wildman–Crippen MR) is 90.0 cm³/mol. The molecule has 1 aromatic carbocycles. The van der Waals surface area contributed by atoms with E-state index in [9.17, 15) is 0 Å². The number of ether oxygens (including phenoxy) is 2. The monoisotopic (exact) mass is 416 g/mol. The minimum atomic E-state index is 0.465. The zero-order valence-corrected chi connectivity index (χ0v) is 15.5. The van der Waals surface area contributed by atoms with Gasteiger partial charge in [-0.15, -0.1) is 0 Å². The highest BCUT2D eigenvalue weighted by Gasteiger charge is 2.15. The summed E-state index contributed by atoms with van der Waals surface area (Å²) in [5.41, 5.74) is 2.11. The Bertz CT molecular complexity index is 626. The lowest BCUT2D eigenvalue weighted by molar-refractivity contribution is 0.289. The Hall–Kier alpha value is -1.01. The Labute approximate surface area is 141 Å². The summed E-state index contributed by atoms with van der Waals surface area (Å²) in [5, 5.41) is 4.57. The van der Waals surface area contributed by atoms with Crippen LogP contribution in [0.2, 0.25) is 0 Å². The molecule has 0 fully saturated rings. The number of benzene rings is 1. The van der Waals surface area contributed by atoms with Crippen molar-refractivity contribution in [2.24, 2.45) is 0 Å². The Morgan fingerprint density at radius 3 is 2.57 bits per heavy atom. The second-order valence-corrected chi connectivity index (χ2v) is 6.11. The molecule has 0 saturated heterocycles. The van der Waals surface area contributed by atoms with E-state index >= 15 is 0 Å². The largest absolute Gasteiger partial charge is 0.497 e. The van der Waals surface area contributed by atoms with Crippen molar-refractivity contribution in [3.8, 4) is 11.5 Å². The normalized spacial score (nSPS) is 10.7. The van der Waals surface area contributed by atoms with Crippen molar-refractivity contribution in [1.82, 2.24) is 9.78 Å². The number of rotatable bonds is 6. The van der Waals surface area contributed by atoms with Crippen molar-refractivity contribution in [2.75, 3.05) is 7.11 Å². The van der Waals surface area contributed by atoms with Crippen LogP contribution >= 0.6 is 31.9 Å². The van der Waals surface area contributed by atoms with Crippen molar-refractivity contribution >= 4 is 31.9 Å². The number of aromatic nitrogens is 2. The molecular weight excluding hydrogens is 400 g/mol. The van der Waals surface area contributed by atoms with Crippen LogP contribution in [0.3, 0.4) is 0 Å². The highest BCUT2D eigenvalue weighted by atomic mass is 79.9. The van der Waals surface area contributed by atoms with Gasteiger partial charge in [0.25, 0.3) is 0 Å². The summed E-state index contributed by atoms with van der Waals surface area (Å²) in [4.78, 5) is 0. The summed E-state index contributed by atoms with van der Waals surface area (Å²) in [5.74, 6) is 1.58. The summed E-state index contributed by atoms with van der Waals surface area (Å²) in [6.07, 6.45) is 0.896. The molecule has 6 heteroatoms. The van der Waals surface area contributed by atoms with Gasteiger partial charge in [-0.3, -0.25) is 4.68 Å². The maximum Gasteiger partial charge on any atom is 0.134 e. The lowest BCUT2D eigenvalue weighted by Gasteiger charge is -2.11. The van der Waals surface area contributed by atoms with Crippen molar-refractivity contribution in [3.63, 3.8) is 0 Å². The quantitative estimate of drug-likeness (QED) is 0.690. The van der Waals surface area contributed by atoms with Crippen LogP contribution in [-0.2, 0) is 19.6 Å². The van der Waals surface area contributed by atoms with Gasteiger partial charge in [-0.1, -0.05) is 6.92 Å². The molecule has 2 aromatic rings. The molecule has 0 spiro atoms. The predicted octanol–water partition coefficient (Wildman–Crippen LogP) is 4.58. The molecule has 0 unspecified atom stereocenters. The molecule has 21 heavy (non-hydrogen) atoms. The smallest absolute Gasteiger partial charge is 0.134 e. The van der Waals surface area contributed by atoms with E-state index in [0.717, 1.165) is 44.8 Å². The molecule has 0 N–H and O–H groups in total. The van der Waals surface area contributed by atoms with E-state index in [4.69, 9.17) is 9.47 Å². The average Bonchev–Trinajstić information content (AvgIpc) is 2.81. The van der Waals surface area contributed by atoms with Crippen molar-refractivity contribution in [2.45, 2.75) is 33.4 Å². The maximum absolute atomic E-state index is 5.91. The lowest BCUT2D eigenvalue weighted by atomic mass is 10.3. The number of methoxy groups -OCH3 is 1. The molecule has 0 amide bonds. The van der Waals surface area contributed by atoms with Crippen LogP contribution in [0, 0.1) is 0 Å². The number of hydrogen-bond acceptors (Lipinski definition) is 3. The van der Waals surface area contributed by atoms with Crippen molar-refractivity contribution in [1.29, 1.82) is 0 Å². The van der Waals surface area contributed by atoms with Crippen LogP contribution in [0.1, 0.15) is 25.2 Å². The van der Waals surface area contributed by atoms with Crippen LogP contribution < -0.4 is 9.47 Å². The second-order valence-electron chi connectivity index (χ2n) is 4.46. The molecule has 0 aliphatic carbocycles. The molecular formula is C15H18Br2N2O2. The Morgan fingerprint density at radius 2 is 2.00 bits per heavy atom. The maximum atomic E-state index is 5.91. The molecule has 2 rings (SSSR count). The number of nitrogens with zero attached hydrogens (tertiary/aromatic N) is 2. The van der Waals surface area contributed by atoms with E-state index in [1.807, 2.05) is 22.9 Å². The first-order valence-corrected chi connectivity index (χ1v) is 8.39. The lowest BCUT2D eigenvalue weighted by Crippen LogP contribution is -2.06. The van der Waals surface area contributed by atoms with Gasteiger partial charge in [0.1, 0.15) is 18.1 Å². The van der Waals surface area contributed by atoms with Gasteiger partial charge in [0.15, 0.2) is 0 Å². The molecule has 0 saturated carbocycles. The van der Waals surface area contributed by atoms with Crippen LogP contribution in [0.4, 0.5) is 0 Å². The summed E-state index contributed by atoms with van der Waals surface area (Å²) < 4.78 is 15.0. The van der Waals surface area contributed by atoms with Gasteiger partial charge < -0.3 is 9.47 Å². The van der Waals surface area contributed by atoms with Crippen LogP contribution in [-0.4, -0.2) is 16.9 Å². The third-order valence-electron chi connectivity index (χ3n) is 3.20. The number of halogens is 2. The van der Waals surface area contributed by atoms with E-state index in [0.29, 0.717) is 6.61 Å². The topological polar surface area (TPSA) is 36.3 Å². The highest BCUT2D eigenvalue weighted by Crippen LogP contribution is 2.31. The molecule has 0 bridgehead atoms. The number of hydrogen-bond donors (Lipinski definition) is 0. The molecule has 1 aromatic heterocycles. The summed E-state index contributed by atoms with van der Waals surface area (Å²) >= 11 is 7.12. The molecule has 0 atom stereocenters. The molecule has 0 aliphatic heterocycles. The average molecular weight is 418 g/mol. The third kappa shape index (κ3) is 3.61. The second kappa shape index (κ2) is 7.31. The minimum absolute atomic E-state index is 0.465. The Balaban J connectivity index is 2.18. The fourth-order valence-corrected chi connectivity index (χ4v) is 3.18. The Kier molecular flexibility index (Phi) is 5.70. The van der Waals surface area contributed by atoms with Gasteiger partial charge in [-0.25, -0.2) is 0 Å². The van der Waals surface area contributed by atoms with E-state index in [-0.39, 0.29) is 0 Å². The minimum Gasteiger partial charge on any atom is -0.497 e. The summed E-state index contributed by atoms with van der Waals surface area (Å²) in [6.45, 7) is 5.46. The van der Waals surface area contributed by atoms with Crippen LogP contribution in [0.15, 0.2) is 27.1 Å². The van der Waals surface area contributed by atoms with Gasteiger partial charge in [-0.05, 0) is 63.4 Å². The first kappa shape index (κ1) is 16.4. The zero-order chi connectivity index (χ0) is 15.4. The first-order chi connectivity index (χ1) is 10.1. The molecule has 1 heterocycles. The van der Waals surface area contributed by atoms with Crippen molar-refractivity contribution < 1.29 is 9.47 Å². The summed E-state index contributed by atoms with van der Waals surface area (Å²) in [6, 6.07) is 5.66. The van der Waals surface area contributed by atoms with E-state index in [1.54, 1.807) is 7.11 Å². The summed E-state index contributed by atoms with van der Waals surface area (Å²) in [7, 11) is 1.64. The van der Waals surface area contributed by atoms with Gasteiger partial charge in [0, 0.05) is 6.54 Å². The fraction of sp³-hybridized carbons (Fsp3) is 0.400. The van der Waals surface area contributed by atoms with E-state index in [2.05, 4.69) is 50.8 Å². The van der Waals surface area contributed by atoms with Gasteiger partial charge in [-0.2, -0.15) is 5.10 Å². The molecule has 0 aliphatic rings. The Morgan fingerprint density at radius 1 is 1.24 bits per heavy atom. The van der Waals surface area contributed by atoms with Gasteiger partial charge >= 0.3 is 0 Å². The standard InChI is InChI=1S/C15H18Br2N2O2/c1-4-12-15(17)13(19(5-2)18-12)9-21-14-7-6-10(20-3)8-11(14)16/h6-8H,4-5,9H2,1-3H3. The van der Waals surface area contributed by atoms with E-state index in [1.165, 1.54) is 0 Å². The molecule has 0 radical (unpaired) electrons. The number of aryl methyl sites for hydroxylation is 2. The SMILES string of the molecule is CCc1nn(CC)c(COc2ccc(OC)cc2Br)c1Br. The zero-order valence-electron chi connectivity index (χ0n) is 12.3.